The van der Waals surface area contributed by atoms with Crippen LogP contribution in [0.3, 0.4) is 0 Å². The average molecular weight is 367 g/mol. The first kappa shape index (κ1) is 17.7. The minimum Gasteiger partial charge on any atom is -0.497 e. The highest BCUT2D eigenvalue weighted by molar-refractivity contribution is 7.87. The highest BCUT2D eigenvalue weighted by atomic mass is 32.2. The highest BCUT2D eigenvalue weighted by Gasteiger charge is 2.15. The van der Waals surface area contributed by atoms with Gasteiger partial charge in [0.15, 0.2) is 0 Å². The van der Waals surface area contributed by atoms with E-state index in [0.717, 1.165) is 17.0 Å². The Morgan fingerprint density at radius 1 is 0.846 bits per heavy atom. The van der Waals surface area contributed by atoms with Gasteiger partial charge < -0.3 is 8.92 Å². The van der Waals surface area contributed by atoms with Gasteiger partial charge in [-0.2, -0.15) is 8.42 Å². The largest absolute Gasteiger partial charge is 0.497 e. The molecule has 0 saturated carbocycles. The third-order valence-electron chi connectivity index (χ3n) is 3.53. The van der Waals surface area contributed by atoms with Crippen LogP contribution in [0.2, 0.25) is 0 Å². The predicted octanol–water partition coefficient (Wildman–Crippen LogP) is 4.21. The molecule has 0 heterocycles. The van der Waals surface area contributed by atoms with Crippen molar-refractivity contribution in [2.75, 3.05) is 7.11 Å². The Morgan fingerprint density at radius 2 is 1.58 bits per heavy atom. The number of aliphatic imine (C=N–C) groups is 1. The Kier molecular flexibility index (Phi) is 5.34. The topological polar surface area (TPSA) is 65.0 Å². The van der Waals surface area contributed by atoms with E-state index < -0.39 is 10.1 Å². The van der Waals surface area contributed by atoms with E-state index in [1.807, 2.05) is 30.3 Å². The number of hydrogen-bond donors (Lipinski definition) is 0. The molecule has 0 aliphatic carbocycles. The molecule has 132 valence electrons. The standard InChI is InChI=1S/C20H17NO4S/c1-24-18-12-10-17(11-13-18)21-15-16-6-5-7-19(14-16)25-26(22,23)20-8-3-2-4-9-20/h2-15H,1H3. The normalized spacial score (nSPS) is 11.4. The fourth-order valence-corrected chi connectivity index (χ4v) is 3.17. The molecule has 5 nitrogen and oxygen atoms in total. The third-order valence-corrected chi connectivity index (χ3v) is 4.79. The Hall–Kier alpha value is -3.12. The Bertz CT molecular complexity index is 997. The molecule has 0 amide bonds. The van der Waals surface area contributed by atoms with Gasteiger partial charge in [-0.15, -0.1) is 0 Å². The van der Waals surface area contributed by atoms with E-state index >= 15 is 0 Å². The van der Waals surface area contributed by atoms with Gasteiger partial charge in [-0.1, -0.05) is 30.3 Å². The van der Waals surface area contributed by atoms with Crippen LogP contribution in [0.25, 0.3) is 0 Å². The first-order valence-corrected chi connectivity index (χ1v) is 9.25. The lowest BCUT2D eigenvalue weighted by molar-refractivity contribution is 0.415. The summed E-state index contributed by atoms with van der Waals surface area (Å²) in [6.45, 7) is 0. The van der Waals surface area contributed by atoms with Crippen LogP contribution < -0.4 is 8.92 Å². The summed E-state index contributed by atoms with van der Waals surface area (Å²) in [6.07, 6.45) is 1.64. The molecule has 0 bridgehead atoms. The van der Waals surface area contributed by atoms with Crippen molar-refractivity contribution in [1.29, 1.82) is 0 Å². The fraction of sp³-hybridized carbons (Fsp3) is 0.0500. The highest BCUT2D eigenvalue weighted by Crippen LogP contribution is 2.21. The average Bonchev–Trinajstić information content (AvgIpc) is 2.67. The number of ether oxygens (including phenoxy) is 1. The summed E-state index contributed by atoms with van der Waals surface area (Å²) in [5.41, 5.74) is 1.48. The fourth-order valence-electron chi connectivity index (χ4n) is 2.23. The molecule has 3 rings (SSSR count). The van der Waals surface area contributed by atoms with Crippen molar-refractivity contribution in [2.24, 2.45) is 4.99 Å². The zero-order valence-corrected chi connectivity index (χ0v) is 14.9. The van der Waals surface area contributed by atoms with E-state index in [9.17, 15) is 8.42 Å². The van der Waals surface area contributed by atoms with E-state index in [-0.39, 0.29) is 10.6 Å². The van der Waals surface area contributed by atoms with Crippen LogP contribution in [-0.4, -0.2) is 21.7 Å². The van der Waals surface area contributed by atoms with Gasteiger partial charge >= 0.3 is 10.1 Å². The van der Waals surface area contributed by atoms with Gasteiger partial charge in [0.25, 0.3) is 0 Å². The van der Waals surface area contributed by atoms with E-state index in [4.69, 9.17) is 8.92 Å². The van der Waals surface area contributed by atoms with Crippen molar-refractivity contribution < 1.29 is 17.3 Å². The maximum atomic E-state index is 12.3. The SMILES string of the molecule is COc1ccc(N=Cc2cccc(OS(=O)(=O)c3ccccc3)c2)cc1. The van der Waals surface area contributed by atoms with Crippen LogP contribution in [0.1, 0.15) is 5.56 Å². The molecule has 0 aliphatic heterocycles. The zero-order chi connectivity index (χ0) is 18.4. The number of nitrogens with zero attached hydrogens (tertiary/aromatic N) is 1. The summed E-state index contributed by atoms with van der Waals surface area (Å²) in [5, 5.41) is 0. The molecule has 0 spiro atoms. The van der Waals surface area contributed by atoms with Crippen LogP contribution >= 0.6 is 0 Å². The van der Waals surface area contributed by atoms with Crippen molar-refractivity contribution in [1.82, 2.24) is 0 Å². The minimum atomic E-state index is -3.86. The Balaban J connectivity index is 1.76. The van der Waals surface area contributed by atoms with Gasteiger partial charge in [0.05, 0.1) is 12.8 Å². The van der Waals surface area contributed by atoms with Crippen LogP contribution in [-0.2, 0) is 10.1 Å². The lowest BCUT2D eigenvalue weighted by atomic mass is 10.2. The van der Waals surface area contributed by atoms with Gasteiger partial charge in [-0.05, 0) is 54.1 Å². The van der Waals surface area contributed by atoms with Crippen LogP contribution in [0.4, 0.5) is 5.69 Å². The maximum absolute atomic E-state index is 12.3. The molecule has 26 heavy (non-hydrogen) atoms. The molecule has 0 N–H and O–H groups in total. The second-order valence-corrected chi connectivity index (χ2v) is 6.93. The van der Waals surface area contributed by atoms with Crippen LogP contribution in [0, 0.1) is 0 Å². The van der Waals surface area contributed by atoms with Crippen molar-refractivity contribution in [3.05, 3.63) is 84.4 Å². The first-order chi connectivity index (χ1) is 12.6. The van der Waals surface area contributed by atoms with Crippen molar-refractivity contribution in [3.63, 3.8) is 0 Å². The smallest absolute Gasteiger partial charge is 0.339 e. The van der Waals surface area contributed by atoms with Crippen molar-refractivity contribution >= 4 is 22.0 Å². The number of methoxy groups -OCH3 is 1. The van der Waals surface area contributed by atoms with Gasteiger partial charge in [-0.25, -0.2) is 0 Å². The maximum Gasteiger partial charge on any atom is 0.339 e. The molecule has 3 aromatic carbocycles. The summed E-state index contributed by atoms with van der Waals surface area (Å²) in [6, 6.07) is 22.0. The molecule has 3 aromatic rings. The molecule has 0 unspecified atom stereocenters. The third kappa shape index (κ3) is 4.49. The molecule has 0 aliphatic rings. The van der Waals surface area contributed by atoms with E-state index in [1.54, 1.807) is 49.7 Å². The Morgan fingerprint density at radius 3 is 2.27 bits per heavy atom. The van der Waals surface area contributed by atoms with Gasteiger partial charge in [0.2, 0.25) is 0 Å². The van der Waals surface area contributed by atoms with Crippen molar-refractivity contribution in [2.45, 2.75) is 4.90 Å². The van der Waals surface area contributed by atoms with Crippen LogP contribution in [0.5, 0.6) is 11.5 Å². The second kappa shape index (κ2) is 7.84. The summed E-state index contributed by atoms with van der Waals surface area (Å²) < 4.78 is 34.9. The van der Waals surface area contributed by atoms with Gasteiger partial charge in [0, 0.05) is 6.21 Å². The minimum absolute atomic E-state index is 0.109. The lowest BCUT2D eigenvalue weighted by Crippen LogP contribution is -2.09. The summed E-state index contributed by atoms with van der Waals surface area (Å²) in [5.74, 6) is 0.984. The zero-order valence-electron chi connectivity index (χ0n) is 14.1. The second-order valence-electron chi connectivity index (χ2n) is 5.38. The first-order valence-electron chi connectivity index (χ1n) is 7.84. The Labute approximate surface area is 152 Å². The summed E-state index contributed by atoms with van der Waals surface area (Å²) >= 11 is 0. The van der Waals surface area contributed by atoms with Gasteiger partial charge in [-0.3, -0.25) is 4.99 Å². The molecular weight excluding hydrogens is 350 g/mol. The van der Waals surface area contributed by atoms with E-state index in [1.165, 1.54) is 12.1 Å². The number of benzene rings is 3. The van der Waals surface area contributed by atoms with Gasteiger partial charge in [0.1, 0.15) is 16.4 Å². The number of hydrogen-bond acceptors (Lipinski definition) is 5. The molecule has 0 atom stereocenters. The molecular formula is C20H17NO4S. The number of rotatable bonds is 6. The molecule has 0 fully saturated rings. The van der Waals surface area contributed by atoms with Crippen LogP contribution in [0.15, 0.2) is 88.8 Å². The molecule has 0 aromatic heterocycles. The molecule has 0 radical (unpaired) electrons. The lowest BCUT2D eigenvalue weighted by Gasteiger charge is -2.07. The predicted molar refractivity (Wildman–Crippen MR) is 101 cm³/mol. The quantitative estimate of drug-likeness (QED) is 0.483. The monoisotopic (exact) mass is 367 g/mol. The van der Waals surface area contributed by atoms with E-state index in [0.29, 0.717) is 0 Å². The van der Waals surface area contributed by atoms with E-state index in [2.05, 4.69) is 4.99 Å². The van der Waals surface area contributed by atoms with Crippen molar-refractivity contribution in [3.8, 4) is 11.5 Å². The molecule has 0 saturated heterocycles. The summed E-state index contributed by atoms with van der Waals surface area (Å²) in [4.78, 5) is 4.47. The molecule has 6 heteroatoms. The summed E-state index contributed by atoms with van der Waals surface area (Å²) in [7, 11) is -2.26.